The van der Waals surface area contributed by atoms with Crippen molar-refractivity contribution in [2.75, 3.05) is 6.54 Å². The van der Waals surface area contributed by atoms with E-state index in [2.05, 4.69) is 0 Å². The van der Waals surface area contributed by atoms with E-state index in [1.807, 2.05) is 60.7 Å². The average molecular weight is 539 g/mol. The van der Waals surface area contributed by atoms with Gasteiger partial charge in [-0.05, 0) is 42.2 Å². The molecule has 0 unspecified atom stereocenters. The smallest absolute Gasteiger partial charge is 0.415 e. The van der Waals surface area contributed by atoms with E-state index < -0.39 is 41.7 Å². The molecule has 2 fully saturated rings. The summed E-state index contributed by atoms with van der Waals surface area (Å²) in [5, 5.41) is 11.0. The van der Waals surface area contributed by atoms with Crippen LogP contribution in [0, 0.1) is 0 Å². The number of carboxylic acids is 1. The second-order valence-corrected chi connectivity index (χ2v) is 10.1. The van der Waals surface area contributed by atoms with Crippen LogP contribution in [0.3, 0.4) is 0 Å². The van der Waals surface area contributed by atoms with Gasteiger partial charge in [-0.3, -0.25) is 9.69 Å². The summed E-state index contributed by atoms with van der Waals surface area (Å²) in [5.41, 5.74) is 1.27. The minimum absolute atomic E-state index is 0.0736. The molecule has 9 nitrogen and oxygen atoms in total. The molecule has 6 rings (SSSR count). The highest BCUT2D eigenvalue weighted by Gasteiger charge is 2.54. The van der Waals surface area contributed by atoms with E-state index in [9.17, 15) is 24.3 Å². The summed E-state index contributed by atoms with van der Waals surface area (Å²) in [5.74, 6) is -2.01. The number of piperazine rings is 1. The number of nitrogens with zero attached hydrogens (tertiary/aromatic N) is 2. The van der Waals surface area contributed by atoms with E-state index in [1.54, 1.807) is 18.2 Å². The maximum absolute atomic E-state index is 14.1. The summed E-state index contributed by atoms with van der Waals surface area (Å²) in [6, 6.07) is 23.8. The third kappa shape index (κ3) is 4.59. The third-order valence-electron chi connectivity index (χ3n) is 7.71. The lowest BCUT2D eigenvalue weighted by Gasteiger charge is -2.45. The van der Waals surface area contributed by atoms with Crippen LogP contribution in [0.5, 0.6) is 5.75 Å². The number of hydrogen-bond donors (Lipinski definition) is 1. The van der Waals surface area contributed by atoms with Gasteiger partial charge >= 0.3 is 17.7 Å². The summed E-state index contributed by atoms with van der Waals surface area (Å²) in [6.45, 7) is 0.0736. The van der Waals surface area contributed by atoms with Gasteiger partial charge in [-0.15, -0.1) is 0 Å². The van der Waals surface area contributed by atoms with Crippen LogP contribution in [0.2, 0.25) is 0 Å². The lowest BCUT2D eigenvalue weighted by atomic mass is 9.88. The van der Waals surface area contributed by atoms with E-state index >= 15 is 0 Å². The molecule has 2 amide bonds. The fraction of sp³-hybridized carbons (Fsp3) is 0.226. The normalized spacial score (nSPS) is 20.1. The minimum Gasteiger partial charge on any atom is -0.480 e. The highest BCUT2D eigenvalue weighted by atomic mass is 16.6. The van der Waals surface area contributed by atoms with Crippen molar-refractivity contribution in [2.45, 2.75) is 36.9 Å². The van der Waals surface area contributed by atoms with Gasteiger partial charge in [0, 0.05) is 24.1 Å². The number of ether oxygens (including phenoxy) is 1. The third-order valence-corrected chi connectivity index (χ3v) is 7.71. The number of amides is 2. The van der Waals surface area contributed by atoms with Gasteiger partial charge in [-0.1, -0.05) is 60.7 Å². The van der Waals surface area contributed by atoms with Gasteiger partial charge in [0.05, 0.1) is 18.0 Å². The second kappa shape index (κ2) is 10.3. The lowest BCUT2D eigenvalue weighted by molar-refractivity contribution is -0.156. The Morgan fingerprint density at radius 3 is 2.17 bits per heavy atom. The Kier molecular flexibility index (Phi) is 6.55. The standard InChI is InChI=1S/C31H26N2O7/c34-26-16-12-19-11-14-23(17-25(19)40-26)39-31(38)33-22-13-15-24(33)28(30(36)37)32(18-22)29(35)27(20-7-3-1-4-8-20)21-9-5-2-6-10-21/h1-12,14,16-17,22,24,27-28H,13,15,18H2,(H,36,37)/t22-,24+,28-/m0/s1. The van der Waals surface area contributed by atoms with Crippen LogP contribution in [0.4, 0.5) is 4.79 Å². The zero-order valence-corrected chi connectivity index (χ0v) is 21.4. The Labute approximate surface area is 229 Å². The van der Waals surface area contributed by atoms with E-state index in [-0.39, 0.29) is 23.8 Å². The molecule has 3 aromatic carbocycles. The second-order valence-electron chi connectivity index (χ2n) is 10.1. The van der Waals surface area contributed by atoms with Crippen molar-refractivity contribution in [3.8, 4) is 5.75 Å². The molecular weight excluding hydrogens is 512 g/mol. The van der Waals surface area contributed by atoms with Gasteiger partial charge in [-0.2, -0.15) is 0 Å². The zero-order valence-electron chi connectivity index (χ0n) is 21.4. The summed E-state index contributed by atoms with van der Waals surface area (Å²) in [7, 11) is 0. The molecule has 0 aliphatic carbocycles. The van der Waals surface area contributed by atoms with Crippen molar-refractivity contribution >= 4 is 28.9 Å². The number of fused-ring (bicyclic) bond motifs is 3. The number of carbonyl (C=O) groups is 3. The van der Waals surface area contributed by atoms with Crippen LogP contribution >= 0.6 is 0 Å². The molecule has 3 atom stereocenters. The van der Waals surface area contributed by atoms with E-state index in [4.69, 9.17) is 9.15 Å². The molecule has 2 saturated heterocycles. The topological polar surface area (TPSA) is 117 Å². The number of rotatable bonds is 5. The molecule has 2 aliphatic heterocycles. The van der Waals surface area contributed by atoms with Crippen LogP contribution in [0.25, 0.3) is 11.0 Å². The van der Waals surface area contributed by atoms with Gasteiger partial charge in [0.2, 0.25) is 5.91 Å². The number of likely N-dealkylation sites (tertiary alicyclic amines) is 1. The molecule has 2 bridgehead atoms. The van der Waals surface area contributed by atoms with Crippen LogP contribution in [-0.4, -0.2) is 57.5 Å². The van der Waals surface area contributed by atoms with Crippen LogP contribution in [0.15, 0.2) is 100 Å². The van der Waals surface area contributed by atoms with Crippen molar-refractivity contribution in [3.63, 3.8) is 0 Å². The fourth-order valence-electron chi connectivity index (χ4n) is 5.95. The minimum atomic E-state index is -1.23. The SMILES string of the molecule is O=C(O)[C@@H]1[C@H]2CC[C@@H](CN1C(=O)C(c1ccccc1)c1ccccc1)N2C(=O)Oc1ccc2ccc(=O)oc2c1. The molecule has 9 heteroatoms. The Morgan fingerprint density at radius 1 is 0.875 bits per heavy atom. The molecule has 1 aromatic heterocycles. The molecule has 3 heterocycles. The predicted molar refractivity (Wildman–Crippen MR) is 145 cm³/mol. The summed E-state index contributed by atoms with van der Waals surface area (Å²) < 4.78 is 10.8. The van der Waals surface area contributed by atoms with Gasteiger partial charge in [0.25, 0.3) is 0 Å². The van der Waals surface area contributed by atoms with Crippen molar-refractivity contribution in [3.05, 3.63) is 113 Å². The molecule has 4 aromatic rings. The van der Waals surface area contributed by atoms with Gasteiger partial charge in [0.1, 0.15) is 17.4 Å². The molecule has 40 heavy (non-hydrogen) atoms. The van der Waals surface area contributed by atoms with Crippen molar-refractivity contribution in [2.24, 2.45) is 0 Å². The molecule has 202 valence electrons. The predicted octanol–water partition coefficient (Wildman–Crippen LogP) is 4.25. The number of carbonyl (C=O) groups excluding carboxylic acids is 2. The van der Waals surface area contributed by atoms with E-state index in [0.29, 0.717) is 18.2 Å². The first-order valence-corrected chi connectivity index (χ1v) is 13.1. The van der Waals surface area contributed by atoms with Crippen molar-refractivity contribution in [1.29, 1.82) is 0 Å². The van der Waals surface area contributed by atoms with Gasteiger partial charge in [0.15, 0.2) is 0 Å². The Bertz CT molecular complexity index is 1600. The highest BCUT2D eigenvalue weighted by Crippen LogP contribution is 2.38. The molecule has 2 aliphatic rings. The molecule has 0 saturated carbocycles. The van der Waals surface area contributed by atoms with Crippen molar-refractivity contribution in [1.82, 2.24) is 9.80 Å². The molecule has 0 radical (unpaired) electrons. The van der Waals surface area contributed by atoms with Crippen molar-refractivity contribution < 1.29 is 28.6 Å². The zero-order chi connectivity index (χ0) is 27.8. The Hall–Kier alpha value is -4.92. The first kappa shape index (κ1) is 25.4. The summed E-state index contributed by atoms with van der Waals surface area (Å²) in [6.07, 6.45) is 0.265. The monoisotopic (exact) mass is 538 g/mol. The Balaban J connectivity index is 1.29. The van der Waals surface area contributed by atoms with Crippen LogP contribution in [0.1, 0.15) is 29.9 Å². The maximum atomic E-state index is 14.1. The van der Waals surface area contributed by atoms with Crippen LogP contribution in [-0.2, 0) is 9.59 Å². The summed E-state index contributed by atoms with van der Waals surface area (Å²) >= 11 is 0. The molecule has 0 spiro atoms. The quantitative estimate of drug-likeness (QED) is 0.378. The highest BCUT2D eigenvalue weighted by molar-refractivity contribution is 5.92. The first-order valence-electron chi connectivity index (χ1n) is 13.1. The number of aliphatic carboxylic acids is 1. The average Bonchev–Trinajstić information content (AvgIpc) is 3.26. The van der Waals surface area contributed by atoms with E-state index in [0.717, 1.165) is 11.1 Å². The van der Waals surface area contributed by atoms with Gasteiger partial charge < -0.3 is 19.2 Å². The summed E-state index contributed by atoms with van der Waals surface area (Å²) in [4.78, 5) is 54.6. The number of benzene rings is 3. The molecule has 1 N–H and O–H groups in total. The molecular formula is C31H26N2O7. The van der Waals surface area contributed by atoms with Crippen LogP contribution < -0.4 is 10.4 Å². The maximum Gasteiger partial charge on any atom is 0.415 e. The Morgan fingerprint density at radius 2 is 1.52 bits per heavy atom. The lowest BCUT2D eigenvalue weighted by Crippen LogP contribution is -2.65. The number of hydrogen-bond acceptors (Lipinski definition) is 6. The number of carboxylic acid groups (broad SMARTS) is 1. The largest absolute Gasteiger partial charge is 0.480 e. The fourth-order valence-corrected chi connectivity index (χ4v) is 5.95. The van der Waals surface area contributed by atoms with E-state index in [1.165, 1.54) is 21.9 Å². The van der Waals surface area contributed by atoms with Gasteiger partial charge in [-0.25, -0.2) is 14.4 Å². The first-order chi connectivity index (χ1) is 19.4.